The van der Waals surface area contributed by atoms with Gasteiger partial charge in [-0.3, -0.25) is 9.05 Å². The minimum Gasteiger partial charge on any atom is -0.362 e. The highest BCUT2D eigenvalue weighted by Crippen LogP contribution is 2.42. The maximum absolute atomic E-state index is 10.5. The Balaban J connectivity index is 0.000000547. The summed E-state index contributed by atoms with van der Waals surface area (Å²) in [6.45, 7) is 8.22. The highest BCUT2D eigenvalue weighted by molar-refractivity contribution is 7.47. The Morgan fingerprint density at radius 3 is 1.88 bits per heavy atom. The van der Waals surface area contributed by atoms with Gasteiger partial charge < -0.3 is 14.7 Å². The smallest absolute Gasteiger partial charge is 0.362 e. The van der Waals surface area contributed by atoms with Crippen molar-refractivity contribution < 1.29 is 18.5 Å². The summed E-state index contributed by atoms with van der Waals surface area (Å²) in [7, 11) is -1.56. The molecule has 1 heterocycles. The molecule has 0 aliphatic carbocycles. The van der Waals surface area contributed by atoms with Gasteiger partial charge in [0.05, 0.1) is 19.9 Å². The molecule has 0 atom stereocenters. The first-order valence-corrected chi connectivity index (χ1v) is 11.2. The lowest BCUT2D eigenvalue weighted by molar-refractivity contribution is 0.161. The predicted molar refractivity (Wildman–Crippen MR) is 104 cm³/mol. The topological polar surface area (TPSA) is 62.2 Å². The Bertz CT molecular complexity index is 370. The van der Waals surface area contributed by atoms with Crippen molar-refractivity contribution in [3.63, 3.8) is 0 Å². The van der Waals surface area contributed by atoms with Crippen LogP contribution in [0, 0.1) is 0 Å². The maximum atomic E-state index is 10.5. The van der Waals surface area contributed by atoms with Gasteiger partial charge in [0.25, 0.3) is 0 Å². The molecule has 0 unspecified atom stereocenters. The summed E-state index contributed by atoms with van der Waals surface area (Å²) in [5.41, 5.74) is 0. The molecule has 0 bridgehead atoms. The first-order chi connectivity index (χ1) is 11.9. The number of phosphoric acid groups is 1. The van der Waals surface area contributed by atoms with Crippen LogP contribution in [-0.2, 0) is 13.6 Å². The minimum absolute atomic E-state index is 0.188. The Hall–Kier alpha value is -0.550. The first-order valence-electron chi connectivity index (χ1n) is 9.69. The van der Waals surface area contributed by atoms with Gasteiger partial charge in [-0.05, 0) is 20.3 Å². The monoisotopic (exact) mass is 378 g/mol. The molecule has 1 N–H and O–H groups in total. The second kappa shape index (κ2) is 15.7. The molecule has 150 valence electrons. The molecule has 1 aliphatic rings. The molecular formula is C18H39N2O4P. The zero-order chi connectivity index (χ0) is 19.0. The van der Waals surface area contributed by atoms with E-state index in [2.05, 4.69) is 45.2 Å². The van der Waals surface area contributed by atoms with Gasteiger partial charge >= 0.3 is 7.82 Å². The van der Waals surface area contributed by atoms with Gasteiger partial charge in [0, 0.05) is 26.0 Å². The second-order valence-electron chi connectivity index (χ2n) is 6.29. The molecule has 6 nitrogen and oxygen atoms in total. The van der Waals surface area contributed by atoms with Crippen molar-refractivity contribution in [3.8, 4) is 0 Å². The van der Waals surface area contributed by atoms with E-state index in [1.807, 2.05) is 0 Å². The third kappa shape index (κ3) is 15.4. The number of hydrogen-bond donors (Lipinski definition) is 1. The fourth-order valence-corrected chi connectivity index (χ4v) is 3.27. The predicted octanol–water partition coefficient (Wildman–Crippen LogP) is 4.96. The number of hydrogen-bond acceptors (Lipinski definition) is 5. The lowest BCUT2D eigenvalue weighted by atomic mass is 10.1. The molecule has 0 aromatic heterocycles. The van der Waals surface area contributed by atoms with Gasteiger partial charge in [-0.15, -0.1) is 0 Å². The van der Waals surface area contributed by atoms with Gasteiger partial charge in [0.1, 0.15) is 0 Å². The summed E-state index contributed by atoms with van der Waals surface area (Å²) in [5, 5.41) is 0. The van der Waals surface area contributed by atoms with Gasteiger partial charge in [-0.1, -0.05) is 51.9 Å². The summed E-state index contributed by atoms with van der Waals surface area (Å²) < 4.78 is 19.2. The Morgan fingerprint density at radius 1 is 0.920 bits per heavy atom. The van der Waals surface area contributed by atoms with Crippen LogP contribution in [0.25, 0.3) is 0 Å². The minimum atomic E-state index is -3.69. The van der Waals surface area contributed by atoms with Crippen molar-refractivity contribution in [3.05, 3.63) is 12.4 Å². The average molecular weight is 378 g/mol. The van der Waals surface area contributed by atoms with Crippen molar-refractivity contribution in [2.75, 3.05) is 33.5 Å². The second-order valence-corrected chi connectivity index (χ2v) is 7.74. The molecule has 0 aromatic rings. The fraction of sp³-hybridized carbons (Fsp3) is 0.889. The van der Waals surface area contributed by atoms with E-state index < -0.39 is 7.82 Å². The number of phosphoric ester groups is 1. The molecule has 0 spiro atoms. The molecule has 1 aliphatic heterocycles. The van der Waals surface area contributed by atoms with E-state index in [-0.39, 0.29) is 13.2 Å². The van der Waals surface area contributed by atoms with E-state index in [0.29, 0.717) is 0 Å². The van der Waals surface area contributed by atoms with E-state index in [1.165, 1.54) is 57.9 Å². The van der Waals surface area contributed by atoms with E-state index >= 15 is 0 Å². The molecule has 0 radical (unpaired) electrons. The van der Waals surface area contributed by atoms with E-state index in [4.69, 9.17) is 4.89 Å². The molecule has 0 fully saturated rings. The molecular weight excluding hydrogens is 339 g/mol. The van der Waals surface area contributed by atoms with Crippen LogP contribution in [0.4, 0.5) is 0 Å². The van der Waals surface area contributed by atoms with E-state index in [9.17, 15) is 4.57 Å². The third-order valence-corrected chi connectivity index (χ3v) is 4.99. The van der Waals surface area contributed by atoms with E-state index in [1.54, 1.807) is 13.8 Å². The first kappa shape index (κ1) is 24.5. The van der Waals surface area contributed by atoms with Crippen LogP contribution in [0.1, 0.15) is 72.1 Å². The quantitative estimate of drug-likeness (QED) is 0.361. The SMILES string of the molecule is CCCCCCCCCCN1C=CN(C)C1.CCOP(=O)(O)OCC. The van der Waals surface area contributed by atoms with Crippen molar-refractivity contribution in [1.29, 1.82) is 0 Å². The third-order valence-electron chi connectivity index (χ3n) is 3.82. The van der Waals surface area contributed by atoms with Crippen LogP contribution in [-0.4, -0.2) is 48.2 Å². The highest BCUT2D eigenvalue weighted by atomic mass is 31.2. The van der Waals surface area contributed by atoms with Crippen LogP contribution in [0.2, 0.25) is 0 Å². The van der Waals surface area contributed by atoms with Crippen molar-refractivity contribution >= 4 is 7.82 Å². The van der Waals surface area contributed by atoms with Gasteiger partial charge in [0.2, 0.25) is 0 Å². The van der Waals surface area contributed by atoms with Crippen molar-refractivity contribution in [1.82, 2.24) is 9.80 Å². The van der Waals surface area contributed by atoms with Gasteiger partial charge in [-0.2, -0.15) is 0 Å². The van der Waals surface area contributed by atoms with Crippen LogP contribution >= 0.6 is 7.82 Å². The fourth-order valence-electron chi connectivity index (χ4n) is 2.55. The van der Waals surface area contributed by atoms with Crippen LogP contribution in [0.15, 0.2) is 12.4 Å². The van der Waals surface area contributed by atoms with Crippen molar-refractivity contribution in [2.24, 2.45) is 0 Å². The van der Waals surface area contributed by atoms with Gasteiger partial charge in [0.15, 0.2) is 0 Å². The van der Waals surface area contributed by atoms with Crippen LogP contribution in [0.5, 0.6) is 0 Å². The molecule has 7 heteroatoms. The standard InChI is InChI=1S/C14H28N2.C4H11O4P/c1-3-4-5-6-7-8-9-10-11-16-13-12-15(2)14-16;1-3-7-9(5,6)8-4-2/h12-13H,3-11,14H2,1-2H3;3-4H2,1-2H3,(H,5,6). The Kier molecular flexibility index (Phi) is 15.3. The normalized spacial score (nSPS) is 14.0. The molecule has 0 saturated carbocycles. The summed E-state index contributed by atoms with van der Waals surface area (Å²) >= 11 is 0. The summed E-state index contributed by atoms with van der Waals surface area (Å²) in [6.07, 6.45) is 15.7. The Labute approximate surface area is 154 Å². The number of nitrogens with zero attached hydrogens (tertiary/aromatic N) is 2. The summed E-state index contributed by atoms with van der Waals surface area (Å²) in [5.74, 6) is 0. The molecule has 1 rings (SSSR count). The molecule has 0 saturated heterocycles. The van der Waals surface area contributed by atoms with Crippen LogP contribution < -0.4 is 0 Å². The zero-order valence-electron chi connectivity index (χ0n) is 16.7. The molecule has 25 heavy (non-hydrogen) atoms. The van der Waals surface area contributed by atoms with Crippen molar-refractivity contribution in [2.45, 2.75) is 72.1 Å². The molecule has 0 aromatic carbocycles. The van der Waals surface area contributed by atoms with E-state index in [0.717, 1.165) is 6.67 Å². The number of rotatable bonds is 13. The summed E-state index contributed by atoms with van der Waals surface area (Å²) in [4.78, 5) is 13.3. The zero-order valence-corrected chi connectivity index (χ0v) is 17.5. The lowest BCUT2D eigenvalue weighted by Crippen LogP contribution is -2.23. The molecule has 0 amide bonds. The Morgan fingerprint density at radius 2 is 1.44 bits per heavy atom. The van der Waals surface area contributed by atoms with Crippen LogP contribution in [0.3, 0.4) is 0 Å². The van der Waals surface area contributed by atoms with Gasteiger partial charge in [-0.25, -0.2) is 4.57 Å². The number of unbranched alkanes of at least 4 members (excludes halogenated alkanes) is 7. The lowest BCUT2D eigenvalue weighted by Gasteiger charge is -2.17. The average Bonchev–Trinajstić information content (AvgIpc) is 2.96. The summed E-state index contributed by atoms with van der Waals surface area (Å²) in [6, 6.07) is 0. The maximum Gasteiger partial charge on any atom is 0.472 e. The largest absolute Gasteiger partial charge is 0.472 e. The highest BCUT2D eigenvalue weighted by Gasteiger charge is 2.17.